The number of halogens is 3. The molecule has 0 spiro atoms. The average Bonchev–Trinajstić information content (AvgIpc) is 3.06. The molecule has 1 aliphatic rings. The predicted molar refractivity (Wildman–Crippen MR) is 106 cm³/mol. The Balaban J connectivity index is 1.58. The van der Waals surface area contributed by atoms with Gasteiger partial charge in [0.2, 0.25) is 5.91 Å². The van der Waals surface area contributed by atoms with Crippen LogP contribution in [-0.4, -0.2) is 27.3 Å². The first-order valence-corrected chi connectivity index (χ1v) is 9.80. The molecule has 1 aliphatic carbocycles. The van der Waals surface area contributed by atoms with Crippen molar-refractivity contribution in [1.82, 2.24) is 15.2 Å². The number of hydrogen-bond donors (Lipinski definition) is 2. The summed E-state index contributed by atoms with van der Waals surface area (Å²) in [6.07, 6.45) is 0.824. The molecule has 2 N–H and O–H groups in total. The van der Waals surface area contributed by atoms with E-state index in [-0.39, 0.29) is 17.4 Å². The van der Waals surface area contributed by atoms with Gasteiger partial charge in [0.25, 0.3) is 0 Å². The number of aryl methyl sites for hydroxylation is 1. The summed E-state index contributed by atoms with van der Waals surface area (Å²) in [5.41, 5.74) is 2.96. The van der Waals surface area contributed by atoms with Crippen LogP contribution in [0.2, 0.25) is 5.02 Å². The Kier molecular flexibility index (Phi) is 3.89. The van der Waals surface area contributed by atoms with Gasteiger partial charge >= 0.3 is 0 Å². The normalized spacial score (nSPS) is 18.7. The number of alkyl halides is 1. The minimum absolute atomic E-state index is 0.0338. The summed E-state index contributed by atoms with van der Waals surface area (Å²) in [5, 5.41) is 10.7. The van der Waals surface area contributed by atoms with Crippen LogP contribution in [0, 0.1) is 18.7 Å². The smallest absolute Gasteiger partial charge is 0.232 e. The highest BCUT2D eigenvalue weighted by molar-refractivity contribution is 7.22. The van der Waals surface area contributed by atoms with Crippen LogP contribution in [0.4, 0.5) is 13.9 Å². The first-order valence-electron chi connectivity index (χ1n) is 8.60. The number of fused-ring (bicyclic) bond motifs is 2. The second-order valence-electron chi connectivity index (χ2n) is 6.84. The molecule has 2 heterocycles. The lowest BCUT2D eigenvalue weighted by Gasteiger charge is -2.10. The Morgan fingerprint density at radius 3 is 2.96 bits per heavy atom. The fourth-order valence-electron chi connectivity index (χ4n) is 3.31. The van der Waals surface area contributed by atoms with Crippen LogP contribution in [0.15, 0.2) is 24.4 Å². The van der Waals surface area contributed by atoms with Gasteiger partial charge < -0.3 is 5.32 Å². The van der Waals surface area contributed by atoms with E-state index >= 15 is 0 Å². The number of rotatable bonds is 3. The largest absolute Gasteiger partial charge is 0.302 e. The fourth-order valence-corrected chi connectivity index (χ4v) is 4.57. The predicted octanol–water partition coefficient (Wildman–Crippen LogP) is 5.24. The van der Waals surface area contributed by atoms with Crippen LogP contribution in [0.3, 0.4) is 0 Å². The number of thiazole rings is 1. The molecule has 0 bridgehead atoms. The number of anilines is 1. The van der Waals surface area contributed by atoms with E-state index in [1.165, 1.54) is 11.3 Å². The van der Waals surface area contributed by atoms with E-state index in [9.17, 15) is 13.6 Å². The maximum Gasteiger partial charge on any atom is 0.232 e. The van der Waals surface area contributed by atoms with Crippen molar-refractivity contribution in [2.45, 2.75) is 19.5 Å². The molecule has 0 radical (unpaired) electrons. The van der Waals surface area contributed by atoms with Gasteiger partial charge in [0, 0.05) is 16.5 Å². The minimum Gasteiger partial charge on any atom is -0.302 e. The standard InChI is InChI=1S/C19H13ClF2N4OS/c1-7-16(22)15(20)14(10-6-23-26-17(7)10)8-2-3-12-13(4-8)28-19(24-12)25-18(27)9-5-11(9)21/h2-4,6,9,11H,5H2,1H3,(H,23,26)(H,24,25,27)/t9-,11+/m1/s1. The second-order valence-corrected chi connectivity index (χ2v) is 8.24. The van der Waals surface area contributed by atoms with E-state index in [1.54, 1.807) is 25.3 Å². The van der Waals surface area contributed by atoms with E-state index in [0.717, 1.165) is 15.6 Å². The number of aromatic nitrogens is 3. The Hall–Kier alpha value is -2.58. The minimum atomic E-state index is -1.06. The van der Waals surface area contributed by atoms with Gasteiger partial charge in [0.1, 0.15) is 12.0 Å². The monoisotopic (exact) mass is 418 g/mol. The fraction of sp³-hybridized carbons (Fsp3) is 0.211. The molecule has 1 fully saturated rings. The number of carbonyl (C=O) groups excluding carboxylic acids is 1. The van der Waals surface area contributed by atoms with Crippen molar-refractivity contribution < 1.29 is 13.6 Å². The maximum atomic E-state index is 14.6. The van der Waals surface area contributed by atoms with Crippen LogP contribution in [0.1, 0.15) is 12.0 Å². The SMILES string of the molecule is Cc1c(F)c(Cl)c(-c2ccc3nc(NC(=O)[C@@H]4C[C@@H]4F)sc3c2)c2cn[nH]c12. The molecule has 1 saturated carbocycles. The van der Waals surface area contributed by atoms with Crippen molar-refractivity contribution in [3.63, 3.8) is 0 Å². The summed E-state index contributed by atoms with van der Waals surface area (Å²) in [5.74, 6) is -1.42. The van der Waals surface area contributed by atoms with Crippen LogP contribution >= 0.6 is 22.9 Å². The number of aromatic amines is 1. The lowest BCUT2D eigenvalue weighted by atomic mass is 9.99. The summed E-state index contributed by atoms with van der Waals surface area (Å²) in [6, 6.07) is 5.43. The highest BCUT2D eigenvalue weighted by Crippen LogP contribution is 2.41. The van der Waals surface area contributed by atoms with Gasteiger partial charge in [-0.15, -0.1) is 0 Å². The molecule has 142 valence electrons. The molecule has 0 aliphatic heterocycles. The van der Waals surface area contributed by atoms with Gasteiger partial charge in [-0.25, -0.2) is 13.8 Å². The summed E-state index contributed by atoms with van der Waals surface area (Å²) in [7, 11) is 0. The molecule has 2 aromatic carbocycles. The summed E-state index contributed by atoms with van der Waals surface area (Å²) >= 11 is 7.60. The first kappa shape index (κ1) is 17.5. The van der Waals surface area contributed by atoms with E-state index in [1.807, 2.05) is 6.07 Å². The molecule has 2 aromatic heterocycles. The molecule has 4 aromatic rings. The molecule has 5 rings (SSSR count). The number of benzene rings is 2. The third kappa shape index (κ3) is 2.67. The number of amides is 1. The van der Waals surface area contributed by atoms with Gasteiger partial charge in [-0.1, -0.05) is 29.0 Å². The molecule has 5 nitrogen and oxygen atoms in total. The van der Waals surface area contributed by atoms with Gasteiger partial charge in [-0.2, -0.15) is 5.10 Å². The third-order valence-electron chi connectivity index (χ3n) is 4.98. The van der Waals surface area contributed by atoms with Crippen molar-refractivity contribution in [2.75, 3.05) is 5.32 Å². The summed E-state index contributed by atoms with van der Waals surface area (Å²) in [4.78, 5) is 16.3. The van der Waals surface area contributed by atoms with Gasteiger partial charge in [-0.3, -0.25) is 9.89 Å². The Labute approximate surface area is 166 Å². The van der Waals surface area contributed by atoms with Crippen LogP contribution in [0.25, 0.3) is 32.2 Å². The zero-order valence-corrected chi connectivity index (χ0v) is 16.1. The molecule has 2 atom stereocenters. The highest BCUT2D eigenvalue weighted by atomic mass is 35.5. The Bertz CT molecular complexity index is 1270. The van der Waals surface area contributed by atoms with Crippen LogP contribution in [0.5, 0.6) is 0 Å². The molecule has 0 saturated heterocycles. The number of hydrogen-bond acceptors (Lipinski definition) is 4. The third-order valence-corrected chi connectivity index (χ3v) is 6.27. The first-order chi connectivity index (χ1) is 13.4. The molecule has 0 unspecified atom stereocenters. The number of H-pyrrole nitrogens is 1. The van der Waals surface area contributed by atoms with Crippen LogP contribution in [-0.2, 0) is 4.79 Å². The van der Waals surface area contributed by atoms with Crippen molar-refractivity contribution in [3.8, 4) is 11.1 Å². The van der Waals surface area contributed by atoms with Crippen molar-refractivity contribution in [3.05, 3.63) is 40.8 Å². The van der Waals surface area contributed by atoms with Gasteiger partial charge in [0.05, 0.1) is 32.9 Å². The van der Waals surface area contributed by atoms with E-state index in [2.05, 4.69) is 20.5 Å². The van der Waals surface area contributed by atoms with E-state index < -0.39 is 17.9 Å². The zero-order chi connectivity index (χ0) is 19.6. The number of nitrogens with one attached hydrogen (secondary N) is 2. The molecular weight excluding hydrogens is 406 g/mol. The van der Waals surface area contributed by atoms with E-state index in [4.69, 9.17) is 11.6 Å². The quantitative estimate of drug-likeness (QED) is 0.478. The maximum absolute atomic E-state index is 14.6. The summed E-state index contributed by atoms with van der Waals surface area (Å²) < 4.78 is 28.4. The van der Waals surface area contributed by atoms with Gasteiger partial charge in [0.15, 0.2) is 5.13 Å². The number of nitrogens with zero attached hydrogens (tertiary/aromatic N) is 2. The Morgan fingerprint density at radius 2 is 2.21 bits per heavy atom. The zero-order valence-electron chi connectivity index (χ0n) is 14.5. The number of carbonyl (C=O) groups is 1. The average molecular weight is 419 g/mol. The second kappa shape index (κ2) is 6.22. The van der Waals surface area contributed by atoms with E-state index in [0.29, 0.717) is 27.3 Å². The topological polar surface area (TPSA) is 70.7 Å². The Morgan fingerprint density at radius 1 is 1.43 bits per heavy atom. The molecule has 28 heavy (non-hydrogen) atoms. The van der Waals surface area contributed by atoms with Crippen molar-refractivity contribution >= 4 is 55.1 Å². The molecular formula is C19H13ClF2N4OS. The highest BCUT2D eigenvalue weighted by Gasteiger charge is 2.43. The van der Waals surface area contributed by atoms with Crippen LogP contribution < -0.4 is 5.32 Å². The lowest BCUT2D eigenvalue weighted by molar-refractivity contribution is -0.117. The van der Waals surface area contributed by atoms with Crippen molar-refractivity contribution in [1.29, 1.82) is 0 Å². The molecule has 1 amide bonds. The summed E-state index contributed by atoms with van der Waals surface area (Å²) in [6.45, 7) is 1.65. The molecule has 9 heteroatoms. The van der Waals surface area contributed by atoms with Crippen molar-refractivity contribution in [2.24, 2.45) is 5.92 Å². The lowest BCUT2D eigenvalue weighted by Crippen LogP contribution is -2.14. The van der Waals surface area contributed by atoms with Gasteiger partial charge in [-0.05, 0) is 31.0 Å².